The zero-order chi connectivity index (χ0) is 46.5. The van der Waals surface area contributed by atoms with Crippen molar-refractivity contribution >= 4 is 41.8 Å². The van der Waals surface area contributed by atoms with Crippen LogP contribution in [0.5, 0.6) is 5.75 Å². The van der Waals surface area contributed by atoms with Gasteiger partial charge in [0.2, 0.25) is 0 Å². The number of nitrogens with zero attached hydrogens (tertiary/aromatic N) is 6. The highest BCUT2D eigenvalue weighted by Gasteiger charge is 2.42. The fourth-order valence-corrected chi connectivity index (χ4v) is 9.26. The fourth-order valence-electron chi connectivity index (χ4n) is 9.26. The normalized spacial score (nSPS) is 20.2. The fraction of sp³-hybridized carbons (Fsp3) is 0.595. The van der Waals surface area contributed by atoms with Gasteiger partial charge >= 0.3 is 41.8 Å². The van der Waals surface area contributed by atoms with E-state index in [0.717, 1.165) is 5.56 Å². The van der Waals surface area contributed by atoms with Gasteiger partial charge in [0.1, 0.15) is 5.75 Å². The maximum atomic E-state index is 13.7. The smallest absolute Gasteiger partial charge is 0.340 e. The van der Waals surface area contributed by atoms with Crippen LogP contribution in [0.1, 0.15) is 96.2 Å². The lowest BCUT2D eigenvalue weighted by molar-refractivity contribution is -0.147. The lowest BCUT2D eigenvalue weighted by Gasteiger charge is -2.46. The van der Waals surface area contributed by atoms with Crippen molar-refractivity contribution in [3.05, 3.63) is 52.1 Å². The average molecular weight is 887 g/mol. The van der Waals surface area contributed by atoms with Crippen LogP contribution in [0.3, 0.4) is 0 Å². The monoisotopic (exact) mass is 886 g/mol. The summed E-state index contributed by atoms with van der Waals surface area (Å²) in [7, 11) is 1.50. The van der Waals surface area contributed by atoms with Gasteiger partial charge in [0.15, 0.2) is 0 Å². The predicted molar refractivity (Wildman–Crippen MR) is 220 cm³/mol. The average Bonchev–Trinajstić information content (AvgIpc) is 3.20. The topological polar surface area (TPSA) is 298 Å². The summed E-state index contributed by atoms with van der Waals surface area (Å²) in [4.78, 5) is 101. The van der Waals surface area contributed by atoms with Crippen LogP contribution in [-0.2, 0) is 46.6 Å². The molecular formula is C42H58N6O15. The molecule has 6 N–H and O–H groups in total. The largest absolute Gasteiger partial charge is 0.496 e. The lowest BCUT2D eigenvalue weighted by atomic mass is 9.77. The molecule has 2 fully saturated rings. The molecule has 21 heteroatoms. The van der Waals surface area contributed by atoms with Crippen LogP contribution in [0.25, 0.3) is 0 Å². The van der Waals surface area contributed by atoms with Gasteiger partial charge in [-0.1, -0.05) is 12.8 Å². The molecule has 0 spiro atoms. The first-order valence-corrected chi connectivity index (χ1v) is 20.7. The van der Waals surface area contributed by atoms with Crippen molar-refractivity contribution in [2.24, 2.45) is 0 Å². The van der Waals surface area contributed by atoms with Gasteiger partial charge in [-0.25, -0.2) is 4.79 Å². The Labute approximate surface area is 364 Å². The van der Waals surface area contributed by atoms with Crippen molar-refractivity contribution in [3.8, 4) is 5.75 Å². The van der Waals surface area contributed by atoms with Crippen LogP contribution in [0, 0.1) is 13.8 Å². The van der Waals surface area contributed by atoms with Crippen molar-refractivity contribution in [3.63, 3.8) is 0 Å². The molecule has 3 unspecified atom stereocenters. The summed E-state index contributed by atoms with van der Waals surface area (Å²) in [5.74, 6) is -8.04. The summed E-state index contributed by atoms with van der Waals surface area (Å²) in [5, 5.41) is 59.1. The molecule has 21 nitrogen and oxygen atoms in total. The number of aromatic nitrogens is 2. The molecule has 0 bridgehead atoms. The van der Waals surface area contributed by atoms with Gasteiger partial charge in [0, 0.05) is 60.8 Å². The van der Waals surface area contributed by atoms with Crippen LogP contribution >= 0.6 is 0 Å². The zero-order valence-corrected chi connectivity index (χ0v) is 36.0. The molecule has 63 heavy (non-hydrogen) atoms. The van der Waals surface area contributed by atoms with Crippen molar-refractivity contribution in [1.29, 1.82) is 0 Å². The molecule has 2 aliphatic rings. The Bertz CT molecular complexity index is 1970. The van der Waals surface area contributed by atoms with E-state index in [2.05, 4.69) is 9.97 Å². The van der Waals surface area contributed by atoms with Gasteiger partial charge < -0.3 is 40.1 Å². The SMILES string of the molecule is CCOC(=O)c1cc(C2CCC(N(CC(=O)O)CC(=O)O)[C@@H](N(CC(=O)O)Cc3ncc(C)c(OC)c3C)C2)cnc1CN(CC(=O)O)[C@H]1CCCCC1N(CC(=O)O)CC(=O)O. The molecule has 0 saturated heterocycles. The number of aliphatic carboxylic acids is 6. The minimum absolute atomic E-state index is 0.0110. The molecule has 2 aromatic rings. The molecule has 2 aromatic heterocycles. The Morgan fingerprint density at radius 1 is 0.619 bits per heavy atom. The van der Waals surface area contributed by atoms with Gasteiger partial charge in [-0.05, 0) is 70.4 Å². The molecule has 0 amide bonds. The van der Waals surface area contributed by atoms with Crippen molar-refractivity contribution in [2.45, 2.75) is 109 Å². The quantitative estimate of drug-likeness (QED) is 0.0822. The third-order valence-electron chi connectivity index (χ3n) is 11.8. The highest BCUT2D eigenvalue weighted by atomic mass is 16.5. The molecule has 0 aliphatic heterocycles. The van der Waals surface area contributed by atoms with E-state index in [-0.39, 0.29) is 43.8 Å². The third-order valence-corrected chi connectivity index (χ3v) is 11.8. The third kappa shape index (κ3) is 13.9. The summed E-state index contributed by atoms with van der Waals surface area (Å²) in [6.07, 6.45) is 6.04. The van der Waals surface area contributed by atoms with Gasteiger partial charge in [0.05, 0.1) is 69.9 Å². The van der Waals surface area contributed by atoms with Gasteiger partial charge in [-0.2, -0.15) is 0 Å². The minimum atomic E-state index is -1.27. The predicted octanol–water partition coefficient (Wildman–Crippen LogP) is 2.01. The minimum Gasteiger partial charge on any atom is -0.496 e. The summed E-state index contributed by atoms with van der Waals surface area (Å²) >= 11 is 0. The second-order valence-corrected chi connectivity index (χ2v) is 16.1. The molecular weight excluding hydrogens is 828 g/mol. The van der Waals surface area contributed by atoms with Gasteiger partial charge in [-0.15, -0.1) is 0 Å². The molecule has 2 aliphatic carbocycles. The summed E-state index contributed by atoms with van der Waals surface area (Å²) in [6, 6.07) is -1.17. The van der Waals surface area contributed by atoms with E-state index in [0.29, 0.717) is 54.7 Å². The van der Waals surface area contributed by atoms with E-state index in [1.165, 1.54) is 23.1 Å². The summed E-state index contributed by atoms with van der Waals surface area (Å²) in [5.41, 5.74) is 2.65. The number of esters is 1. The summed E-state index contributed by atoms with van der Waals surface area (Å²) < 4.78 is 11.0. The highest BCUT2D eigenvalue weighted by Crippen LogP contribution is 2.39. The first-order valence-electron chi connectivity index (χ1n) is 20.7. The molecule has 4 rings (SSSR count). The van der Waals surface area contributed by atoms with E-state index < -0.39 is 111 Å². The number of carbonyl (C=O) groups excluding carboxylic acids is 1. The Morgan fingerprint density at radius 3 is 1.56 bits per heavy atom. The second kappa shape index (κ2) is 23.1. The van der Waals surface area contributed by atoms with Gasteiger partial charge in [0.25, 0.3) is 0 Å². The van der Waals surface area contributed by atoms with E-state index in [4.69, 9.17) is 9.47 Å². The van der Waals surface area contributed by atoms with Crippen LogP contribution in [0.4, 0.5) is 0 Å². The molecule has 2 heterocycles. The van der Waals surface area contributed by atoms with Crippen LogP contribution in [-0.4, -0.2) is 179 Å². The number of carbonyl (C=O) groups is 7. The first-order chi connectivity index (χ1) is 29.8. The molecule has 5 atom stereocenters. The molecule has 2 saturated carbocycles. The maximum Gasteiger partial charge on any atom is 0.340 e. The number of rotatable bonds is 24. The molecule has 0 radical (unpaired) electrons. The van der Waals surface area contributed by atoms with E-state index in [9.17, 15) is 64.2 Å². The highest BCUT2D eigenvalue weighted by molar-refractivity contribution is 5.91. The van der Waals surface area contributed by atoms with E-state index >= 15 is 0 Å². The van der Waals surface area contributed by atoms with Crippen molar-refractivity contribution in [2.75, 3.05) is 53.0 Å². The number of hydrogen-bond donors (Lipinski definition) is 6. The number of methoxy groups -OCH3 is 1. The Morgan fingerprint density at radius 2 is 1.06 bits per heavy atom. The molecule has 0 aromatic carbocycles. The van der Waals surface area contributed by atoms with Crippen LogP contribution in [0.15, 0.2) is 18.5 Å². The lowest BCUT2D eigenvalue weighted by Crippen LogP contribution is -2.57. The van der Waals surface area contributed by atoms with E-state index in [1.807, 2.05) is 6.92 Å². The standard InChI is InChI=1S/C42H58N6O15/c1-5-63-42(61)28-12-27(15-44-30(28)17-45(18-35(49)50)31-8-6-7-9-32(31)47(20-37(53)54)21-38(55)56)26-10-11-33(48(22-39(57)58)23-40(59)60)34(13-26)46(19-36(51)52)16-29-25(3)41(62-4)24(2)14-43-29/h12,14-15,26,31-34H,5-11,13,16-23H2,1-4H3,(H,49,50)(H,51,52)(H,53,54)(H,55,56)(H,57,58)(H,59,60)/t26?,31-,32?,33?,34-/m0/s1. The Balaban J connectivity index is 1.79. The van der Waals surface area contributed by atoms with Crippen molar-refractivity contribution < 1.29 is 73.7 Å². The van der Waals surface area contributed by atoms with Crippen LogP contribution < -0.4 is 4.74 Å². The van der Waals surface area contributed by atoms with Crippen molar-refractivity contribution in [1.82, 2.24) is 29.6 Å². The number of aryl methyl sites for hydroxylation is 1. The first kappa shape index (κ1) is 49.9. The Hall–Kier alpha value is -5.77. The maximum absolute atomic E-state index is 13.7. The Kier molecular flexibility index (Phi) is 18.3. The van der Waals surface area contributed by atoms with E-state index in [1.54, 1.807) is 35.9 Å². The van der Waals surface area contributed by atoms with Crippen LogP contribution in [0.2, 0.25) is 0 Å². The number of carboxylic acids is 6. The number of hydrogen-bond acceptors (Lipinski definition) is 15. The zero-order valence-electron chi connectivity index (χ0n) is 36.0. The molecule has 346 valence electrons. The number of ether oxygens (including phenoxy) is 2. The van der Waals surface area contributed by atoms with Gasteiger partial charge in [-0.3, -0.25) is 58.3 Å². The number of pyridine rings is 2. The summed E-state index contributed by atoms with van der Waals surface area (Å²) in [6.45, 7) is 1.53. The number of carboxylic acid groups (broad SMARTS) is 6. The second-order valence-electron chi connectivity index (χ2n) is 16.1.